The van der Waals surface area contributed by atoms with E-state index in [0.717, 1.165) is 42.8 Å². The fourth-order valence-electron chi connectivity index (χ4n) is 4.33. The number of anilines is 2. The van der Waals surface area contributed by atoms with Gasteiger partial charge in [-0.25, -0.2) is 4.98 Å². The van der Waals surface area contributed by atoms with Crippen molar-refractivity contribution in [2.45, 2.75) is 70.5 Å². The molecule has 0 atom stereocenters. The lowest BCUT2D eigenvalue weighted by Gasteiger charge is -2.29. The summed E-state index contributed by atoms with van der Waals surface area (Å²) in [6.45, 7) is 6.94. The van der Waals surface area contributed by atoms with E-state index in [1.807, 2.05) is 54.0 Å². The SMILES string of the molecule is CN(C)c1ccnc(NC2CCC(NC(=O)c3cc(C(C)(C)C)nn3Cc3ccccc3)CC2)n1. The molecular formula is C27H37N7O. The molecule has 8 nitrogen and oxygen atoms in total. The second kappa shape index (κ2) is 10.5. The van der Waals surface area contributed by atoms with Gasteiger partial charge in [-0.1, -0.05) is 51.1 Å². The number of hydrogen-bond donors (Lipinski definition) is 2. The fourth-order valence-corrected chi connectivity index (χ4v) is 4.33. The van der Waals surface area contributed by atoms with Crippen molar-refractivity contribution in [2.24, 2.45) is 0 Å². The highest BCUT2D eigenvalue weighted by molar-refractivity contribution is 5.93. The van der Waals surface area contributed by atoms with Crippen molar-refractivity contribution >= 4 is 17.7 Å². The van der Waals surface area contributed by atoms with Crippen LogP contribution in [0.4, 0.5) is 11.8 Å². The van der Waals surface area contributed by atoms with Gasteiger partial charge < -0.3 is 15.5 Å². The molecule has 1 amide bonds. The largest absolute Gasteiger partial charge is 0.363 e. The number of nitrogens with zero attached hydrogens (tertiary/aromatic N) is 5. The van der Waals surface area contributed by atoms with E-state index in [0.29, 0.717) is 24.2 Å². The highest BCUT2D eigenvalue weighted by atomic mass is 16.2. The molecule has 0 aliphatic heterocycles. The molecular weight excluding hydrogens is 438 g/mol. The quantitative estimate of drug-likeness (QED) is 0.532. The molecule has 0 unspecified atom stereocenters. The first-order valence-electron chi connectivity index (χ1n) is 12.4. The van der Waals surface area contributed by atoms with Crippen LogP contribution < -0.4 is 15.5 Å². The lowest BCUT2D eigenvalue weighted by Crippen LogP contribution is -2.41. The summed E-state index contributed by atoms with van der Waals surface area (Å²) in [5.74, 6) is 1.48. The molecule has 0 spiro atoms. The zero-order valence-corrected chi connectivity index (χ0v) is 21.5. The standard InChI is InChI=1S/C27H37N7O/c1-27(2,3)23-17-22(34(32-23)18-19-9-7-6-8-10-19)25(35)29-20-11-13-21(14-12-20)30-26-28-16-15-24(31-26)33(4)5/h6-10,15-17,20-21H,11-14,18H2,1-5H3,(H,29,35)(H,28,30,31). The van der Waals surface area contributed by atoms with Gasteiger partial charge in [-0.2, -0.15) is 10.1 Å². The van der Waals surface area contributed by atoms with Gasteiger partial charge in [0.2, 0.25) is 5.95 Å². The highest BCUT2D eigenvalue weighted by Crippen LogP contribution is 2.24. The maximum atomic E-state index is 13.3. The Balaban J connectivity index is 1.38. The zero-order chi connectivity index (χ0) is 25.0. The van der Waals surface area contributed by atoms with Crippen LogP contribution in [0.5, 0.6) is 0 Å². The van der Waals surface area contributed by atoms with E-state index in [2.05, 4.69) is 53.5 Å². The maximum absolute atomic E-state index is 13.3. The summed E-state index contributed by atoms with van der Waals surface area (Å²) in [4.78, 5) is 24.2. The van der Waals surface area contributed by atoms with E-state index in [9.17, 15) is 4.79 Å². The average Bonchev–Trinajstić information content (AvgIpc) is 3.26. The van der Waals surface area contributed by atoms with Gasteiger partial charge in [0, 0.05) is 37.8 Å². The van der Waals surface area contributed by atoms with E-state index >= 15 is 0 Å². The third kappa shape index (κ3) is 6.38. The third-order valence-corrected chi connectivity index (χ3v) is 6.45. The molecule has 2 aromatic heterocycles. The van der Waals surface area contributed by atoms with Crippen LogP contribution in [0, 0.1) is 0 Å². The zero-order valence-electron chi connectivity index (χ0n) is 21.5. The van der Waals surface area contributed by atoms with Crippen LogP contribution in [0.3, 0.4) is 0 Å². The maximum Gasteiger partial charge on any atom is 0.269 e. The summed E-state index contributed by atoms with van der Waals surface area (Å²) in [6, 6.07) is 14.4. The van der Waals surface area contributed by atoms with E-state index in [4.69, 9.17) is 5.10 Å². The first-order chi connectivity index (χ1) is 16.7. The topological polar surface area (TPSA) is 88.0 Å². The molecule has 2 heterocycles. The first kappa shape index (κ1) is 24.7. The molecule has 0 radical (unpaired) electrons. The summed E-state index contributed by atoms with van der Waals surface area (Å²) in [6.07, 6.45) is 5.51. The number of carbonyl (C=O) groups excluding carboxylic acids is 1. The lowest BCUT2D eigenvalue weighted by atomic mass is 9.91. The molecule has 1 aliphatic rings. The van der Waals surface area contributed by atoms with Crippen molar-refractivity contribution in [1.82, 2.24) is 25.1 Å². The fraction of sp³-hybridized carbons (Fsp3) is 0.481. The second-order valence-electron chi connectivity index (χ2n) is 10.6. The number of nitrogens with one attached hydrogen (secondary N) is 2. The first-order valence-corrected chi connectivity index (χ1v) is 12.4. The third-order valence-electron chi connectivity index (χ3n) is 6.45. The van der Waals surface area contributed by atoms with Crippen LogP contribution >= 0.6 is 0 Å². The van der Waals surface area contributed by atoms with Crippen molar-refractivity contribution < 1.29 is 4.79 Å². The van der Waals surface area contributed by atoms with Crippen LogP contribution in [0.15, 0.2) is 48.7 Å². The van der Waals surface area contributed by atoms with Crippen LogP contribution in [-0.4, -0.2) is 51.8 Å². The van der Waals surface area contributed by atoms with Crippen LogP contribution in [0.2, 0.25) is 0 Å². The van der Waals surface area contributed by atoms with Crippen LogP contribution in [0.1, 0.15) is 68.2 Å². The number of amides is 1. The minimum absolute atomic E-state index is 0.0534. The number of benzene rings is 1. The Morgan fingerprint density at radius 3 is 2.40 bits per heavy atom. The number of carbonyl (C=O) groups is 1. The average molecular weight is 476 g/mol. The lowest BCUT2D eigenvalue weighted by molar-refractivity contribution is 0.0916. The highest BCUT2D eigenvalue weighted by Gasteiger charge is 2.27. The summed E-state index contributed by atoms with van der Waals surface area (Å²) in [5, 5.41) is 11.5. The van der Waals surface area contributed by atoms with Gasteiger partial charge in [-0.3, -0.25) is 9.48 Å². The Morgan fingerprint density at radius 1 is 1.06 bits per heavy atom. The van der Waals surface area contributed by atoms with Crippen molar-refractivity contribution in [3.63, 3.8) is 0 Å². The van der Waals surface area contributed by atoms with E-state index in [1.54, 1.807) is 6.20 Å². The summed E-state index contributed by atoms with van der Waals surface area (Å²) < 4.78 is 1.84. The van der Waals surface area contributed by atoms with Gasteiger partial charge in [-0.15, -0.1) is 0 Å². The minimum Gasteiger partial charge on any atom is -0.363 e. The van der Waals surface area contributed by atoms with Crippen molar-refractivity contribution in [3.8, 4) is 0 Å². The molecule has 1 fully saturated rings. The van der Waals surface area contributed by atoms with Crippen molar-refractivity contribution in [1.29, 1.82) is 0 Å². The van der Waals surface area contributed by atoms with Crippen molar-refractivity contribution in [3.05, 3.63) is 65.6 Å². The molecule has 186 valence electrons. The Bertz CT molecular complexity index is 1130. The summed E-state index contributed by atoms with van der Waals surface area (Å²) in [5.41, 5.74) is 2.53. The van der Waals surface area contributed by atoms with E-state index in [1.165, 1.54) is 0 Å². The molecule has 1 saturated carbocycles. The van der Waals surface area contributed by atoms with E-state index in [-0.39, 0.29) is 17.4 Å². The van der Waals surface area contributed by atoms with Crippen LogP contribution in [-0.2, 0) is 12.0 Å². The number of aromatic nitrogens is 4. The molecule has 8 heteroatoms. The Labute approximate surface area is 208 Å². The molecule has 0 saturated heterocycles. The molecule has 0 bridgehead atoms. The van der Waals surface area contributed by atoms with Crippen LogP contribution in [0.25, 0.3) is 0 Å². The van der Waals surface area contributed by atoms with Gasteiger partial charge in [0.25, 0.3) is 5.91 Å². The molecule has 3 aromatic rings. The number of rotatable bonds is 7. The molecule has 35 heavy (non-hydrogen) atoms. The van der Waals surface area contributed by atoms with Gasteiger partial charge in [0.05, 0.1) is 12.2 Å². The van der Waals surface area contributed by atoms with Gasteiger partial charge in [0.1, 0.15) is 11.5 Å². The van der Waals surface area contributed by atoms with Gasteiger partial charge >= 0.3 is 0 Å². The predicted molar refractivity (Wildman–Crippen MR) is 140 cm³/mol. The van der Waals surface area contributed by atoms with Gasteiger partial charge in [-0.05, 0) is 43.4 Å². The summed E-state index contributed by atoms with van der Waals surface area (Å²) >= 11 is 0. The predicted octanol–water partition coefficient (Wildman–Crippen LogP) is 4.24. The second-order valence-corrected chi connectivity index (χ2v) is 10.6. The Morgan fingerprint density at radius 2 is 1.74 bits per heavy atom. The Kier molecular flexibility index (Phi) is 7.38. The van der Waals surface area contributed by atoms with Gasteiger partial charge in [0.15, 0.2) is 0 Å². The monoisotopic (exact) mass is 475 g/mol. The molecule has 1 aliphatic carbocycles. The molecule has 2 N–H and O–H groups in total. The smallest absolute Gasteiger partial charge is 0.269 e. The summed E-state index contributed by atoms with van der Waals surface area (Å²) in [7, 11) is 3.94. The van der Waals surface area contributed by atoms with E-state index < -0.39 is 0 Å². The molecule has 1 aromatic carbocycles. The normalized spacial score (nSPS) is 18.2. The molecule has 4 rings (SSSR count). The van der Waals surface area contributed by atoms with Crippen molar-refractivity contribution in [2.75, 3.05) is 24.3 Å². The minimum atomic E-state index is -0.132. The number of hydrogen-bond acceptors (Lipinski definition) is 6. The Hall–Kier alpha value is -3.42.